The summed E-state index contributed by atoms with van der Waals surface area (Å²) in [5.41, 5.74) is 8.49. The van der Waals surface area contributed by atoms with E-state index in [1.807, 2.05) is 15.6 Å². The van der Waals surface area contributed by atoms with Gasteiger partial charge in [-0.25, -0.2) is 9.67 Å². The van der Waals surface area contributed by atoms with Gasteiger partial charge in [-0.1, -0.05) is 13.8 Å². The van der Waals surface area contributed by atoms with Crippen LogP contribution in [0.1, 0.15) is 75.5 Å². The highest BCUT2D eigenvalue weighted by atomic mass is 16.2. The molecule has 1 aliphatic heterocycles. The van der Waals surface area contributed by atoms with E-state index in [0.29, 0.717) is 12.1 Å². The highest BCUT2D eigenvalue weighted by Gasteiger charge is 2.30. The van der Waals surface area contributed by atoms with Crippen molar-refractivity contribution in [3.8, 4) is 0 Å². The molecule has 1 saturated heterocycles. The van der Waals surface area contributed by atoms with Crippen LogP contribution in [0.25, 0.3) is 11.0 Å². The Morgan fingerprint density at radius 3 is 2.64 bits per heavy atom. The second kappa shape index (κ2) is 6.75. The summed E-state index contributed by atoms with van der Waals surface area (Å²) in [6.45, 7) is 11.1. The number of fused-ring (bicyclic) bond motifs is 1. The standard InChI is InChI=1S/C19H29N5O/c1-11(2)17-9-15(16-10-21-24(12(3)4)18(16)22-17)19(25)23-7-6-14(20)8-13(23)5/h9-14H,6-8,20H2,1-5H3. The molecule has 0 radical (unpaired) electrons. The zero-order valence-corrected chi connectivity index (χ0v) is 15.9. The van der Waals surface area contributed by atoms with Gasteiger partial charge in [0.15, 0.2) is 5.65 Å². The number of nitrogens with zero attached hydrogens (tertiary/aromatic N) is 4. The summed E-state index contributed by atoms with van der Waals surface area (Å²) in [6, 6.07) is 2.49. The molecule has 6 nitrogen and oxygen atoms in total. The summed E-state index contributed by atoms with van der Waals surface area (Å²) in [4.78, 5) is 20.0. The minimum absolute atomic E-state index is 0.0667. The van der Waals surface area contributed by atoms with Crippen LogP contribution in [0.5, 0.6) is 0 Å². The number of carbonyl (C=O) groups excluding carboxylic acids is 1. The van der Waals surface area contributed by atoms with Crippen molar-refractivity contribution < 1.29 is 4.79 Å². The van der Waals surface area contributed by atoms with Gasteiger partial charge in [-0.05, 0) is 45.6 Å². The molecule has 2 atom stereocenters. The Bertz CT molecular complexity index is 779. The number of hydrogen-bond donors (Lipinski definition) is 1. The molecule has 1 aliphatic rings. The first-order valence-corrected chi connectivity index (χ1v) is 9.24. The number of rotatable bonds is 3. The quantitative estimate of drug-likeness (QED) is 0.929. The van der Waals surface area contributed by atoms with E-state index in [4.69, 9.17) is 10.7 Å². The van der Waals surface area contributed by atoms with Gasteiger partial charge in [-0.3, -0.25) is 4.79 Å². The van der Waals surface area contributed by atoms with Crippen LogP contribution in [0.2, 0.25) is 0 Å². The molecule has 3 rings (SSSR count). The first kappa shape index (κ1) is 17.9. The molecule has 0 spiro atoms. The fraction of sp³-hybridized carbons (Fsp3) is 0.632. The molecule has 2 unspecified atom stereocenters. The van der Waals surface area contributed by atoms with Gasteiger partial charge < -0.3 is 10.6 Å². The fourth-order valence-corrected chi connectivity index (χ4v) is 3.55. The van der Waals surface area contributed by atoms with Crippen LogP contribution < -0.4 is 5.73 Å². The molecule has 3 heterocycles. The normalized spacial score (nSPS) is 21.5. The van der Waals surface area contributed by atoms with E-state index in [1.165, 1.54) is 0 Å². The maximum atomic E-state index is 13.3. The van der Waals surface area contributed by atoms with E-state index in [9.17, 15) is 4.79 Å². The van der Waals surface area contributed by atoms with Crippen molar-refractivity contribution >= 4 is 16.9 Å². The van der Waals surface area contributed by atoms with Gasteiger partial charge in [0.2, 0.25) is 0 Å². The molecule has 1 amide bonds. The van der Waals surface area contributed by atoms with E-state index in [-0.39, 0.29) is 30.0 Å². The largest absolute Gasteiger partial charge is 0.336 e. The first-order valence-electron chi connectivity index (χ1n) is 9.24. The monoisotopic (exact) mass is 343 g/mol. The third-order valence-electron chi connectivity index (χ3n) is 5.08. The van der Waals surface area contributed by atoms with Gasteiger partial charge in [0.25, 0.3) is 5.91 Å². The molecule has 136 valence electrons. The van der Waals surface area contributed by atoms with Crippen molar-refractivity contribution in [2.45, 2.75) is 71.5 Å². The Kier molecular flexibility index (Phi) is 4.82. The van der Waals surface area contributed by atoms with E-state index in [1.54, 1.807) is 6.20 Å². The lowest BCUT2D eigenvalue weighted by Gasteiger charge is -2.36. The summed E-state index contributed by atoms with van der Waals surface area (Å²) < 4.78 is 1.90. The lowest BCUT2D eigenvalue weighted by Crippen LogP contribution is -2.48. The van der Waals surface area contributed by atoms with Crippen LogP contribution in [0.15, 0.2) is 12.3 Å². The van der Waals surface area contributed by atoms with Gasteiger partial charge in [0.05, 0.1) is 17.1 Å². The number of nitrogens with two attached hydrogens (primary N) is 1. The molecular formula is C19H29N5O. The lowest BCUT2D eigenvalue weighted by atomic mass is 9.97. The molecule has 0 aliphatic carbocycles. The number of likely N-dealkylation sites (tertiary alicyclic amines) is 1. The van der Waals surface area contributed by atoms with Crippen LogP contribution in [-0.2, 0) is 0 Å². The zero-order valence-electron chi connectivity index (χ0n) is 15.9. The lowest BCUT2D eigenvalue weighted by molar-refractivity contribution is 0.0621. The van der Waals surface area contributed by atoms with E-state index >= 15 is 0 Å². The Balaban J connectivity index is 2.09. The minimum atomic E-state index is 0.0667. The molecule has 0 saturated carbocycles. The highest BCUT2D eigenvalue weighted by Crippen LogP contribution is 2.27. The SMILES string of the molecule is CC(C)c1cc(C(=O)N2CCC(N)CC2C)c2cnn(C(C)C)c2n1. The maximum absolute atomic E-state index is 13.3. The summed E-state index contributed by atoms with van der Waals surface area (Å²) in [6.07, 6.45) is 3.48. The smallest absolute Gasteiger partial charge is 0.254 e. The van der Waals surface area contributed by atoms with Crippen molar-refractivity contribution in [1.29, 1.82) is 0 Å². The molecule has 2 aromatic heterocycles. The predicted molar refractivity (Wildman–Crippen MR) is 99.7 cm³/mol. The van der Waals surface area contributed by atoms with Crippen LogP contribution >= 0.6 is 0 Å². The van der Waals surface area contributed by atoms with E-state index in [0.717, 1.165) is 29.6 Å². The number of aromatic nitrogens is 3. The number of piperidine rings is 1. The highest BCUT2D eigenvalue weighted by molar-refractivity contribution is 6.05. The van der Waals surface area contributed by atoms with Crippen LogP contribution in [-0.4, -0.2) is 44.2 Å². The predicted octanol–water partition coefficient (Wildman–Crippen LogP) is 3.09. The number of amides is 1. The first-order chi connectivity index (χ1) is 11.8. The van der Waals surface area contributed by atoms with Gasteiger partial charge in [-0.2, -0.15) is 5.10 Å². The Morgan fingerprint density at radius 2 is 2.04 bits per heavy atom. The molecular weight excluding hydrogens is 314 g/mol. The summed E-state index contributed by atoms with van der Waals surface area (Å²) in [5.74, 6) is 0.315. The number of carbonyl (C=O) groups is 1. The van der Waals surface area contributed by atoms with Gasteiger partial charge in [0, 0.05) is 30.4 Å². The van der Waals surface area contributed by atoms with E-state index in [2.05, 4.69) is 39.7 Å². The van der Waals surface area contributed by atoms with Crippen molar-refractivity contribution in [2.24, 2.45) is 5.73 Å². The molecule has 0 bridgehead atoms. The molecule has 6 heteroatoms. The molecule has 0 aromatic carbocycles. The zero-order chi connectivity index (χ0) is 18.3. The average molecular weight is 343 g/mol. The minimum Gasteiger partial charge on any atom is -0.336 e. The number of hydrogen-bond acceptors (Lipinski definition) is 4. The summed E-state index contributed by atoms with van der Waals surface area (Å²) in [5, 5.41) is 5.32. The Labute approximate surface area is 149 Å². The van der Waals surface area contributed by atoms with Crippen molar-refractivity contribution in [1.82, 2.24) is 19.7 Å². The maximum Gasteiger partial charge on any atom is 0.254 e. The third-order valence-corrected chi connectivity index (χ3v) is 5.08. The van der Waals surface area contributed by atoms with Crippen LogP contribution in [0.4, 0.5) is 0 Å². The molecule has 2 aromatic rings. The van der Waals surface area contributed by atoms with E-state index < -0.39 is 0 Å². The molecule has 2 N–H and O–H groups in total. The molecule has 25 heavy (non-hydrogen) atoms. The Morgan fingerprint density at radius 1 is 1.32 bits per heavy atom. The van der Waals surface area contributed by atoms with Crippen LogP contribution in [0, 0.1) is 0 Å². The van der Waals surface area contributed by atoms with Crippen LogP contribution in [0.3, 0.4) is 0 Å². The number of pyridine rings is 1. The third kappa shape index (κ3) is 3.27. The average Bonchev–Trinajstić information content (AvgIpc) is 2.97. The topological polar surface area (TPSA) is 77.0 Å². The fourth-order valence-electron chi connectivity index (χ4n) is 3.55. The molecule has 1 fully saturated rings. The second-order valence-corrected chi connectivity index (χ2v) is 7.80. The van der Waals surface area contributed by atoms with Gasteiger partial charge >= 0.3 is 0 Å². The van der Waals surface area contributed by atoms with Crippen molar-refractivity contribution in [3.63, 3.8) is 0 Å². The van der Waals surface area contributed by atoms with Gasteiger partial charge in [-0.15, -0.1) is 0 Å². The summed E-state index contributed by atoms with van der Waals surface area (Å²) >= 11 is 0. The van der Waals surface area contributed by atoms with Crippen molar-refractivity contribution in [3.05, 3.63) is 23.5 Å². The summed E-state index contributed by atoms with van der Waals surface area (Å²) in [7, 11) is 0. The van der Waals surface area contributed by atoms with Gasteiger partial charge in [0.1, 0.15) is 0 Å². The second-order valence-electron chi connectivity index (χ2n) is 7.80. The van der Waals surface area contributed by atoms with Crippen molar-refractivity contribution in [2.75, 3.05) is 6.54 Å². The Hall–Kier alpha value is -1.95.